The number of halogens is 1. The van der Waals surface area contributed by atoms with Crippen molar-refractivity contribution >= 4 is 17.6 Å². The molecule has 1 atom stereocenters. The number of allylic oxidation sites excluding steroid dienone is 3. The van der Waals surface area contributed by atoms with Gasteiger partial charge in [-0.1, -0.05) is 52.2 Å². The smallest absolute Gasteiger partial charge is 0.330 e. The van der Waals surface area contributed by atoms with E-state index >= 15 is 0 Å². The summed E-state index contributed by atoms with van der Waals surface area (Å²) in [5, 5.41) is 0. The van der Waals surface area contributed by atoms with Gasteiger partial charge in [0.15, 0.2) is 0 Å². The summed E-state index contributed by atoms with van der Waals surface area (Å²) in [6.45, 7) is 10.8. The number of ether oxygens (including phenoxy) is 1. The standard InChI is InChI=1S/C20H35ClO2/c1-6-18(14-11-15-20(21,7-2)8-3)13-10-12-17(5)16-19(22)23-9-4/h10,12,16,18H,6-9,11,13-15H2,1-5H3. The van der Waals surface area contributed by atoms with E-state index in [2.05, 4.69) is 26.8 Å². The zero-order valence-corrected chi connectivity index (χ0v) is 16.4. The third-order valence-electron chi connectivity index (χ3n) is 4.56. The van der Waals surface area contributed by atoms with Crippen LogP contribution in [0.2, 0.25) is 0 Å². The van der Waals surface area contributed by atoms with Gasteiger partial charge in [0.2, 0.25) is 0 Å². The van der Waals surface area contributed by atoms with Crippen LogP contribution < -0.4 is 0 Å². The lowest BCUT2D eigenvalue weighted by Gasteiger charge is -2.24. The van der Waals surface area contributed by atoms with Gasteiger partial charge in [-0.15, -0.1) is 11.6 Å². The monoisotopic (exact) mass is 342 g/mol. The van der Waals surface area contributed by atoms with Gasteiger partial charge >= 0.3 is 5.97 Å². The van der Waals surface area contributed by atoms with Crippen LogP contribution in [-0.2, 0) is 9.53 Å². The number of carbonyl (C=O) groups excluding carboxylic acids is 1. The minimum absolute atomic E-state index is 0.00685. The van der Waals surface area contributed by atoms with Gasteiger partial charge in [0, 0.05) is 11.0 Å². The van der Waals surface area contributed by atoms with Crippen molar-refractivity contribution in [3.8, 4) is 0 Å². The SMILES string of the molecule is CCOC(=O)C=C(C)C=CCC(CC)CCCC(Cl)(CC)CC. The van der Waals surface area contributed by atoms with Gasteiger partial charge in [0.25, 0.3) is 0 Å². The summed E-state index contributed by atoms with van der Waals surface area (Å²) in [6, 6.07) is 0. The van der Waals surface area contributed by atoms with Crippen molar-refractivity contribution in [3.63, 3.8) is 0 Å². The molecule has 0 rings (SSSR count). The second-order valence-corrected chi connectivity index (χ2v) is 7.10. The lowest BCUT2D eigenvalue weighted by atomic mass is 9.90. The van der Waals surface area contributed by atoms with Crippen molar-refractivity contribution in [2.75, 3.05) is 6.61 Å². The Kier molecular flexibility index (Phi) is 12.2. The molecule has 0 N–H and O–H groups in total. The molecule has 0 aliphatic heterocycles. The number of rotatable bonds is 12. The van der Waals surface area contributed by atoms with E-state index in [4.69, 9.17) is 16.3 Å². The van der Waals surface area contributed by atoms with Crippen molar-refractivity contribution in [1.82, 2.24) is 0 Å². The predicted molar refractivity (Wildman–Crippen MR) is 101 cm³/mol. The summed E-state index contributed by atoms with van der Waals surface area (Å²) in [5.74, 6) is 0.426. The first kappa shape index (κ1) is 22.2. The Morgan fingerprint density at radius 1 is 1.22 bits per heavy atom. The third-order valence-corrected chi connectivity index (χ3v) is 5.29. The van der Waals surface area contributed by atoms with Gasteiger partial charge in [-0.3, -0.25) is 0 Å². The first-order valence-corrected chi connectivity index (χ1v) is 9.49. The normalized spacial score (nSPS) is 14.3. The van der Waals surface area contributed by atoms with Gasteiger partial charge in [-0.05, 0) is 51.0 Å². The topological polar surface area (TPSA) is 26.3 Å². The highest BCUT2D eigenvalue weighted by molar-refractivity contribution is 6.23. The number of hydrogen-bond acceptors (Lipinski definition) is 2. The summed E-state index contributed by atoms with van der Waals surface area (Å²) in [4.78, 5) is 11.3. The minimum Gasteiger partial charge on any atom is -0.463 e. The maximum atomic E-state index is 11.4. The molecular formula is C20H35ClO2. The van der Waals surface area contributed by atoms with E-state index in [1.165, 1.54) is 19.3 Å². The highest BCUT2D eigenvalue weighted by atomic mass is 35.5. The van der Waals surface area contributed by atoms with Crippen LogP contribution in [0.25, 0.3) is 0 Å². The molecule has 0 bridgehead atoms. The molecule has 0 heterocycles. The summed E-state index contributed by atoms with van der Waals surface area (Å²) in [5.41, 5.74) is 0.940. The van der Waals surface area contributed by atoms with Crippen LogP contribution >= 0.6 is 11.6 Å². The Labute approximate surface area is 148 Å². The molecule has 3 heteroatoms. The van der Waals surface area contributed by atoms with Crippen molar-refractivity contribution < 1.29 is 9.53 Å². The van der Waals surface area contributed by atoms with E-state index < -0.39 is 0 Å². The zero-order valence-electron chi connectivity index (χ0n) is 15.7. The molecule has 0 aliphatic rings. The van der Waals surface area contributed by atoms with Crippen LogP contribution in [0.4, 0.5) is 0 Å². The largest absolute Gasteiger partial charge is 0.463 e. The molecule has 0 aliphatic carbocycles. The van der Waals surface area contributed by atoms with Crippen LogP contribution in [0, 0.1) is 5.92 Å². The molecule has 2 nitrogen and oxygen atoms in total. The average molecular weight is 343 g/mol. The first-order valence-electron chi connectivity index (χ1n) is 9.11. The van der Waals surface area contributed by atoms with Gasteiger partial charge in [0.05, 0.1) is 6.61 Å². The van der Waals surface area contributed by atoms with Crippen molar-refractivity contribution in [2.45, 2.75) is 84.4 Å². The van der Waals surface area contributed by atoms with Gasteiger partial charge < -0.3 is 4.74 Å². The summed E-state index contributed by atoms with van der Waals surface area (Å²) in [6.07, 6.45) is 13.6. The average Bonchev–Trinajstić information content (AvgIpc) is 2.53. The molecule has 0 fully saturated rings. The summed E-state index contributed by atoms with van der Waals surface area (Å²) >= 11 is 6.59. The predicted octanol–water partition coefficient (Wildman–Crippen LogP) is 6.44. The van der Waals surface area contributed by atoms with Crippen molar-refractivity contribution in [3.05, 3.63) is 23.8 Å². The molecule has 0 spiro atoms. The van der Waals surface area contributed by atoms with E-state index in [0.717, 1.165) is 31.3 Å². The molecule has 1 unspecified atom stereocenters. The van der Waals surface area contributed by atoms with E-state index in [1.807, 2.05) is 19.9 Å². The maximum absolute atomic E-state index is 11.4. The quantitative estimate of drug-likeness (QED) is 0.176. The lowest BCUT2D eigenvalue weighted by Crippen LogP contribution is -2.19. The van der Waals surface area contributed by atoms with Gasteiger partial charge in [-0.25, -0.2) is 4.79 Å². The van der Waals surface area contributed by atoms with E-state index in [0.29, 0.717) is 12.5 Å². The first-order chi connectivity index (χ1) is 10.9. The molecule has 0 aromatic rings. The molecule has 0 aromatic carbocycles. The second-order valence-electron chi connectivity index (χ2n) is 6.30. The Bertz CT molecular complexity index is 381. The Balaban J connectivity index is 4.24. The fourth-order valence-corrected chi connectivity index (χ4v) is 2.80. The van der Waals surface area contributed by atoms with Crippen LogP contribution in [0.5, 0.6) is 0 Å². The molecular weight excluding hydrogens is 308 g/mol. The highest BCUT2D eigenvalue weighted by Crippen LogP contribution is 2.31. The maximum Gasteiger partial charge on any atom is 0.330 e. The molecule has 23 heavy (non-hydrogen) atoms. The molecule has 0 aromatic heterocycles. The Morgan fingerprint density at radius 3 is 2.39 bits per heavy atom. The molecule has 0 saturated carbocycles. The van der Waals surface area contributed by atoms with Crippen LogP contribution in [0.3, 0.4) is 0 Å². The summed E-state index contributed by atoms with van der Waals surface area (Å²) < 4.78 is 4.91. The molecule has 0 amide bonds. The molecule has 0 radical (unpaired) electrons. The number of hydrogen-bond donors (Lipinski definition) is 0. The van der Waals surface area contributed by atoms with Gasteiger partial charge in [-0.2, -0.15) is 0 Å². The number of carbonyl (C=O) groups is 1. The van der Waals surface area contributed by atoms with Crippen LogP contribution in [0.1, 0.15) is 79.6 Å². The van der Waals surface area contributed by atoms with Crippen LogP contribution in [0.15, 0.2) is 23.8 Å². The Morgan fingerprint density at radius 2 is 1.87 bits per heavy atom. The fourth-order valence-electron chi connectivity index (χ4n) is 2.66. The highest BCUT2D eigenvalue weighted by Gasteiger charge is 2.22. The molecule has 0 saturated heterocycles. The molecule has 134 valence electrons. The van der Waals surface area contributed by atoms with E-state index in [9.17, 15) is 4.79 Å². The number of esters is 1. The van der Waals surface area contributed by atoms with Crippen LogP contribution in [-0.4, -0.2) is 17.5 Å². The minimum atomic E-state index is -0.265. The summed E-state index contributed by atoms with van der Waals surface area (Å²) in [7, 11) is 0. The van der Waals surface area contributed by atoms with Gasteiger partial charge in [0.1, 0.15) is 0 Å². The second kappa shape index (κ2) is 12.6. The van der Waals surface area contributed by atoms with E-state index in [1.54, 1.807) is 6.08 Å². The number of alkyl halides is 1. The fraction of sp³-hybridized carbons (Fsp3) is 0.750. The zero-order chi connectivity index (χ0) is 17.7. The third kappa shape index (κ3) is 10.6. The lowest BCUT2D eigenvalue weighted by molar-refractivity contribution is -0.137. The van der Waals surface area contributed by atoms with E-state index in [-0.39, 0.29) is 10.8 Å². The van der Waals surface area contributed by atoms with Crippen molar-refractivity contribution in [1.29, 1.82) is 0 Å². The van der Waals surface area contributed by atoms with Crippen molar-refractivity contribution in [2.24, 2.45) is 5.92 Å². The Hall–Kier alpha value is -0.760.